The zero-order chi connectivity index (χ0) is 17.1. The van der Waals surface area contributed by atoms with Crippen LogP contribution in [0.4, 0.5) is 5.69 Å². The highest BCUT2D eigenvalue weighted by Gasteiger charge is 2.37. The second-order valence-electron chi connectivity index (χ2n) is 6.16. The Morgan fingerprint density at radius 3 is 3.00 bits per heavy atom. The second kappa shape index (κ2) is 7.21. The molecule has 0 aliphatic carbocycles. The number of rotatable bonds is 3. The molecule has 2 N–H and O–H groups in total. The molecule has 3 atom stereocenters. The molecule has 2 aliphatic rings. The van der Waals surface area contributed by atoms with E-state index in [0.29, 0.717) is 25.1 Å². The molecule has 1 aromatic rings. The largest absolute Gasteiger partial charge is 0.380 e. The van der Waals surface area contributed by atoms with Gasteiger partial charge in [-0.05, 0) is 37.5 Å². The minimum absolute atomic E-state index is 0.0136. The van der Waals surface area contributed by atoms with E-state index in [9.17, 15) is 10.1 Å². The third-order valence-electron chi connectivity index (χ3n) is 4.58. The molecule has 2 saturated heterocycles. The minimum atomic E-state index is -0.289. The Balaban J connectivity index is 1.63. The van der Waals surface area contributed by atoms with Crippen LogP contribution in [0, 0.1) is 22.7 Å². The summed E-state index contributed by atoms with van der Waals surface area (Å²) in [5, 5.41) is 25.0. The van der Waals surface area contributed by atoms with Gasteiger partial charge in [-0.15, -0.1) is 0 Å². The van der Waals surface area contributed by atoms with Gasteiger partial charge in [0.05, 0.1) is 23.4 Å². The van der Waals surface area contributed by atoms with Crippen LogP contribution in [0.1, 0.15) is 24.8 Å². The van der Waals surface area contributed by atoms with Crippen LogP contribution < -0.4 is 10.6 Å². The average Bonchev–Trinajstić information content (AvgIpc) is 3.24. The number of amides is 1. The topological polar surface area (TPSA) is 91.9 Å². The molecule has 2 fully saturated rings. The van der Waals surface area contributed by atoms with Gasteiger partial charge >= 0.3 is 0 Å². The lowest BCUT2D eigenvalue weighted by atomic mass is 10.1. The summed E-state index contributed by atoms with van der Waals surface area (Å²) in [6.45, 7) is 1.32. The maximum Gasteiger partial charge on any atom is 0.240 e. The standard InChI is InChI=1S/C17H18BrN5O/c18-12-3-4-15(11(6-12)8-19)22-13-7-16(21-10-13)17(24)23-5-1-2-14(23)9-20/h3-4,6,13-14,16,21-22H,1-2,5,7,10H2/t13-,14-,16-/m0/s1. The van der Waals surface area contributed by atoms with Crippen LogP contribution in [0.3, 0.4) is 0 Å². The number of nitriles is 2. The number of carbonyl (C=O) groups excluding carboxylic acids is 1. The number of benzene rings is 1. The van der Waals surface area contributed by atoms with Crippen molar-refractivity contribution in [3.8, 4) is 12.1 Å². The molecule has 2 heterocycles. The van der Waals surface area contributed by atoms with Crippen molar-refractivity contribution >= 4 is 27.5 Å². The Bertz CT molecular complexity index is 723. The second-order valence-corrected chi connectivity index (χ2v) is 7.07. The summed E-state index contributed by atoms with van der Waals surface area (Å²) >= 11 is 3.36. The average molecular weight is 388 g/mol. The highest BCUT2D eigenvalue weighted by atomic mass is 79.9. The van der Waals surface area contributed by atoms with Crippen molar-refractivity contribution in [3.63, 3.8) is 0 Å². The molecule has 1 aromatic carbocycles. The molecular weight excluding hydrogens is 370 g/mol. The zero-order valence-corrected chi connectivity index (χ0v) is 14.7. The van der Waals surface area contributed by atoms with Gasteiger partial charge in [-0.2, -0.15) is 10.5 Å². The Morgan fingerprint density at radius 2 is 2.25 bits per heavy atom. The molecule has 7 heteroatoms. The molecule has 0 spiro atoms. The number of hydrogen-bond acceptors (Lipinski definition) is 5. The quantitative estimate of drug-likeness (QED) is 0.826. The van der Waals surface area contributed by atoms with Crippen molar-refractivity contribution in [1.82, 2.24) is 10.2 Å². The summed E-state index contributed by atoms with van der Waals surface area (Å²) in [5.74, 6) is 0.0136. The SMILES string of the molecule is N#Cc1cc(Br)ccc1N[C@@H]1CN[C@H](C(=O)N2CCC[C@H]2C#N)C1. The third-order valence-corrected chi connectivity index (χ3v) is 5.07. The molecule has 0 saturated carbocycles. The van der Waals surface area contributed by atoms with Crippen LogP contribution in [0.25, 0.3) is 0 Å². The normalized spacial score (nSPS) is 26.0. The Morgan fingerprint density at radius 1 is 1.42 bits per heavy atom. The zero-order valence-electron chi connectivity index (χ0n) is 13.1. The molecule has 24 heavy (non-hydrogen) atoms. The number of nitrogens with one attached hydrogen (secondary N) is 2. The number of anilines is 1. The number of likely N-dealkylation sites (tertiary alicyclic amines) is 1. The van der Waals surface area contributed by atoms with Gasteiger partial charge in [-0.1, -0.05) is 15.9 Å². The predicted octanol–water partition coefficient (Wildman–Crippen LogP) is 1.98. The first-order valence-corrected chi connectivity index (χ1v) is 8.81. The van der Waals surface area contributed by atoms with Gasteiger partial charge in [-0.3, -0.25) is 4.79 Å². The molecule has 6 nitrogen and oxygen atoms in total. The van der Waals surface area contributed by atoms with Gasteiger partial charge in [0.1, 0.15) is 12.1 Å². The molecule has 0 radical (unpaired) electrons. The van der Waals surface area contributed by atoms with E-state index < -0.39 is 0 Å². The fourth-order valence-corrected chi connectivity index (χ4v) is 3.71. The molecular formula is C17H18BrN5O. The molecule has 0 bridgehead atoms. The fraction of sp³-hybridized carbons (Fsp3) is 0.471. The van der Waals surface area contributed by atoms with E-state index in [0.717, 1.165) is 23.0 Å². The van der Waals surface area contributed by atoms with Crippen molar-refractivity contribution in [1.29, 1.82) is 10.5 Å². The molecule has 1 amide bonds. The van der Waals surface area contributed by atoms with Crippen molar-refractivity contribution in [2.45, 2.75) is 37.4 Å². The lowest BCUT2D eigenvalue weighted by Crippen LogP contribution is -2.45. The highest BCUT2D eigenvalue weighted by molar-refractivity contribution is 9.10. The molecule has 0 aromatic heterocycles. The summed E-state index contributed by atoms with van der Waals surface area (Å²) in [6.07, 6.45) is 2.30. The summed E-state index contributed by atoms with van der Waals surface area (Å²) < 4.78 is 0.860. The number of halogens is 1. The van der Waals surface area contributed by atoms with E-state index in [2.05, 4.69) is 38.7 Å². The van der Waals surface area contributed by atoms with Crippen LogP contribution in [0.15, 0.2) is 22.7 Å². The monoisotopic (exact) mass is 387 g/mol. The van der Waals surface area contributed by atoms with Crippen molar-refractivity contribution in [2.75, 3.05) is 18.4 Å². The van der Waals surface area contributed by atoms with E-state index in [4.69, 9.17) is 5.26 Å². The molecule has 3 rings (SSSR count). The number of carbonyl (C=O) groups is 1. The van der Waals surface area contributed by atoms with E-state index in [1.165, 1.54) is 0 Å². The van der Waals surface area contributed by atoms with Crippen LogP contribution in [0.2, 0.25) is 0 Å². The molecule has 0 unspecified atom stereocenters. The van der Waals surface area contributed by atoms with Crippen molar-refractivity contribution in [2.24, 2.45) is 0 Å². The van der Waals surface area contributed by atoms with Crippen LogP contribution >= 0.6 is 15.9 Å². The lowest BCUT2D eigenvalue weighted by molar-refractivity contribution is -0.133. The third kappa shape index (κ3) is 3.38. The maximum absolute atomic E-state index is 12.6. The van der Waals surface area contributed by atoms with Crippen molar-refractivity contribution in [3.05, 3.63) is 28.2 Å². The van der Waals surface area contributed by atoms with Gasteiger partial charge in [0.2, 0.25) is 5.91 Å². The maximum atomic E-state index is 12.6. The van der Waals surface area contributed by atoms with Crippen LogP contribution in [-0.4, -0.2) is 42.0 Å². The lowest BCUT2D eigenvalue weighted by Gasteiger charge is -2.23. The fourth-order valence-electron chi connectivity index (χ4n) is 3.35. The van der Waals surface area contributed by atoms with Gasteiger partial charge in [0, 0.05) is 23.6 Å². The highest BCUT2D eigenvalue weighted by Crippen LogP contribution is 2.24. The first kappa shape index (κ1) is 16.8. The Hall–Kier alpha value is -2.09. The first-order valence-electron chi connectivity index (χ1n) is 8.02. The van der Waals surface area contributed by atoms with E-state index in [1.807, 2.05) is 12.1 Å². The van der Waals surface area contributed by atoms with E-state index >= 15 is 0 Å². The minimum Gasteiger partial charge on any atom is -0.380 e. The summed E-state index contributed by atoms with van der Waals surface area (Å²) in [5.41, 5.74) is 1.35. The summed E-state index contributed by atoms with van der Waals surface area (Å²) in [7, 11) is 0. The smallest absolute Gasteiger partial charge is 0.240 e. The summed E-state index contributed by atoms with van der Waals surface area (Å²) in [6, 6.07) is 9.44. The Labute approximate surface area is 149 Å². The molecule has 124 valence electrons. The predicted molar refractivity (Wildman–Crippen MR) is 93.0 cm³/mol. The first-order chi connectivity index (χ1) is 11.6. The van der Waals surface area contributed by atoms with Crippen LogP contribution in [0.5, 0.6) is 0 Å². The molecule has 2 aliphatic heterocycles. The number of nitrogens with zero attached hydrogens (tertiary/aromatic N) is 3. The van der Waals surface area contributed by atoms with Gasteiger partial charge in [0.25, 0.3) is 0 Å². The van der Waals surface area contributed by atoms with E-state index in [1.54, 1.807) is 11.0 Å². The summed E-state index contributed by atoms with van der Waals surface area (Å²) in [4.78, 5) is 14.3. The Kier molecular flexibility index (Phi) is 5.03. The van der Waals surface area contributed by atoms with Gasteiger partial charge in [-0.25, -0.2) is 0 Å². The van der Waals surface area contributed by atoms with E-state index in [-0.39, 0.29) is 24.0 Å². The van der Waals surface area contributed by atoms with Crippen LogP contribution in [-0.2, 0) is 4.79 Å². The van der Waals surface area contributed by atoms with Gasteiger partial charge < -0.3 is 15.5 Å². The van der Waals surface area contributed by atoms with Gasteiger partial charge in [0.15, 0.2) is 0 Å². The van der Waals surface area contributed by atoms with Crippen molar-refractivity contribution < 1.29 is 4.79 Å². The number of hydrogen-bond donors (Lipinski definition) is 2.